The quantitative estimate of drug-likeness (QED) is 0.427. The van der Waals surface area contributed by atoms with E-state index in [0.717, 1.165) is 21.7 Å². The zero-order chi connectivity index (χ0) is 24.8. The minimum absolute atomic E-state index is 0.00811. The van der Waals surface area contributed by atoms with E-state index in [2.05, 4.69) is 5.32 Å². The molecule has 1 N–H and O–H groups in total. The van der Waals surface area contributed by atoms with E-state index in [4.69, 9.17) is 9.47 Å². The molecule has 0 atom stereocenters. The molecular formula is C27H31N3O4S. The number of aryl methyl sites for hydroxylation is 1. The predicted molar refractivity (Wildman–Crippen MR) is 138 cm³/mol. The van der Waals surface area contributed by atoms with E-state index in [1.54, 1.807) is 21.1 Å². The van der Waals surface area contributed by atoms with Crippen LogP contribution >= 0.6 is 11.3 Å². The number of fused-ring (bicyclic) bond motifs is 1. The lowest BCUT2D eigenvalue weighted by Crippen LogP contribution is -2.45. The molecule has 0 fully saturated rings. The molecule has 3 amide bonds. The van der Waals surface area contributed by atoms with E-state index < -0.39 is 0 Å². The third-order valence-electron chi connectivity index (χ3n) is 5.68. The van der Waals surface area contributed by atoms with Crippen LogP contribution in [-0.2, 0) is 17.9 Å². The molecule has 4 rings (SSSR count). The number of carbonyl (C=O) groups is 2. The lowest BCUT2D eigenvalue weighted by atomic mass is 10.1. The third-order valence-corrected chi connectivity index (χ3v) is 6.54. The maximum absolute atomic E-state index is 13.6. The molecule has 0 unspecified atom stereocenters. The van der Waals surface area contributed by atoms with E-state index in [-0.39, 0.29) is 31.2 Å². The Balaban J connectivity index is 1.51. The fourth-order valence-electron chi connectivity index (χ4n) is 3.91. The Morgan fingerprint density at radius 1 is 1.00 bits per heavy atom. The number of urea groups is 1. The number of nitrogens with zero attached hydrogens (tertiary/aromatic N) is 2. The molecule has 8 heteroatoms. The molecule has 2 heterocycles. The highest BCUT2D eigenvalue weighted by molar-refractivity contribution is 7.09. The number of carbonyl (C=O) groups excluding carboxylic acids is 2. The Morgan fingerprint density at radius 3 is 2.54 bits per heavy atom. The average molecular weight is 494 g/mol. The smallest absolute Gasteiger partial charge is 0.322 e. The second kappa shape index (κ2) is 11.3. The van der Waals surface area contributed by atoms with E-state index in [1.165, 1.54) is 0 Å². The number of nitrogens with one attached hydrogen (secondary N) is 1. The number of anilines is 1. The van der Waals surface area contributed by atoms with Crippen LogP contribution < -0.4 is 14.8 Å². The highest BCUT2D eigenvalue weighted by Crippen LogP contribution is 2.33. The number of thiophene rings is 1. The molecule has 184 valence electrons. The predicted octanol–water partition coefficient (Wildman–Crippen LogP) is 5.50. The van der Waals surface area contributed by atoms with Gasteiger partial charge in [0.25, 0.3) is 0 Å². The minimum Gasteiger partial charge on any atom is -0.454 e. The highest BCUT2D eigenvalue weighted by Gasteiger charge is 2.24. The first-order chi connectivity index (χ1) is 16.9. The Morgan fingerprint density at radius 2 is 1.80 bits per heavy atom. The molecule has 35 heavy (non-hydrogen) atoms. The van der Waals surface area contributed by atoms with Crippen LogP contribution in [0.2, 0.25) is 0 Å². The number of para-hydroxylation sites is 1. The molecule has 3 aromatic rings. The van der Waals surface area contributed by atoms with Crippen LogP contribution in [0.25, 0.3) is 0 Å². The SMILES string of the molecule is Cc1ccccc1NC(=O)N(CC(=O)N(Cc1ccc2c(c1)OCO2)Cc1cccs1)CC(C)C. The summed E-state index contributed by atoms with van der Waals surface area (Å²) in [6.45, 7) is 7.57. The summed E-state index contributed by atoms with van der Waals surface area (Å²) in [4.78, 5) is 31.2. The second-order valence-corrected chi connectivity index (χ2v) is 10.1. The lowest BCUT2D eigenvalue weighted by molar-refractivity contribution is -0.133. The zero-order valence-electron chi connectivity index (χ0n) is 20.3. The lowest BCUT2D eigenvalue weighted by Gasteiger charge is -2.29. The number of benzene rings is 2. The zero-order valence-corrected chi connectivity index (χ0v) is 21.1. The first-order valence-electron chi connectivity index (χ1n) is 11.7. The summed E-state index contributed by atoms with van der Waals surface area (Å²) in [6, 6.07) is 17.1. The Bertz CT molecular complexity index is 1160. The normalized spacial score (nSPS) is 12.0. The molecule has 2 aromatic carbocycles. The summed E-state index contributed by atoms with van der Waals surface area (Å²) >= 11 is 1.61. The Hall–Kier alpha value is -3.52. The van der Waals surface area contributed by atoms with Crippen LogP contribution in [0, 0.1) is 12.8 Å². The van der Waals surface area contributed by atoms with Crippen LogP contribution in [0.5, 0.6) is 11.5 Å². The molecule has 0 saturated heterocycles. The van der Waals surface area contributed by atoms with Crippen LogP contribution in [0.3, 0.4) is 0 Å². The van der Waals surface area contributed by atoms with Gasteiger partial charge in [0.1, 0.15) is 6.54 Å². The van der Waals surface area contributed by atoms with E-state index in [0.29, 0.717) is 31.1 Å². The number of rotatable bonds is 9. The van der Waals surface area contributed by atoms with Crippen molar-refractivity contribution in [1.82, 2.24) is 9.80 Å². The van der Waals surface area contributed by atoms with Crippen molar-refractivity contribution in [2.75, 3.05) is 25.2 Å². The molecule has 1 aromatic heterocycles. The molecule has 1 aliphatic rings. The maximum atomic E-state index is 13.6. The Labute approximate surface area is 210 Å². The van der Waals surface area contributed by atoms with Crippen molar-refractivity contribution in [1.29, 1.82) is 0 Å². The van der Waals surface area contributed by atoms with Gasteiger partial charge < -0.3 is 24.6 Å². The van der Waals surface area contributed by atoms with Gasteiger partial charge in [0, 0.05) is 23.7 Å². The molecule has 0 bridgehead atoms. The molecule has 7 nitrogen and oxygen atoms in total. The summed E-state index contributed by atoms with van der Waals surface area (Å²) in [5.41, 5.74) is 2.66. The van der Waals surface area contributed by atoms with Crippen LogP contribution in [0.15, 0.2) is 60.0 Å². The van der Waals surface area contributed by atoms with E-state index in [1.807, 2.05) is 80.7 Å². The van der Waals surface area contributed by atoms with Crippen molar-refractivity contribution >= 4 is 29.0 Å². The van der Waals surface area contributed by atoms with Crippen LogP contribution in [-0.4, -0.2) is 41.6 Å². The summed E-state index contributed by atoms with van der Waals surface area (Å²) in [5, 5.41) is 4.97. The van der Waals surface area contributed by atoms with Crippen molar-refractivity contribution in [3.8, 4) is 11.5 Å². The van der Waals surface area contributed by atoms with Crippen LogP contribution in [0.4, 0.5) is 10.5 Å². The summed E-state index contributed by atoms with van der Waals surface area (Å²) in [7, 11) is 0. The van der Waals surface area contributed by atoms with Crippen molar-refractivity contribution < 1.29 is 19.1 Å². The summed E-state index contributed by atoms with van der Waals surface area (Å²) in [5.74, 6) is 1.49. The number of hydrogen-bond donors (Lipinski definition) is 1. The maximum Gasteiger partial charge on any atom is 0.322 e. The minimum atomic E-state index is -0.277. The van der Waals surface area contributed by atoms with Gasteiger partial charge in [-0.1, -0.05) is 44.2 Å². The van der Waals surface area contributed by atoms with Gasteiger partial charge in [0.05, 0.1) is 6.54 Å². The van der Waals surface area contributed by atoms with Gasteiger partial charge in [-0.2, -0.15) is 0 Å². The Kier molecular flexibility index (Phi) is 7.92. The summed E-state index contributed by atoms with van der Waals surface area (Å²) in [6.07, 6.45) is 0. The van der Waals surface area contributed by atoms with E-state index >= 15 is 0 Å². The van der Waals surface area contributed by atoms with Crippen molar-refractivity contribution in [3.05, 3.63) is 76.0 Å². The molecule has 1 aliphatic heterocycles. The monoisotopic (exact) mass is 493 g/mol. The van der Waals surface area contributed by atoms with Crippen molar-refractivity contribution in [2.45, 2.75) is 33.9 Å². The van der Waals surface area contributed by atoms with Gasteiger partial charge in [0.2, 0.25) is 12.7 Å². The second-order valence-electron chi connectivity index (χ2n) is 9.04. The number of hydrogen-bond acceptors (Lipinski definition) is 5. The van der Waals surface area contributed by atoms with Gasteiger partial charge in [-0.05, 0) is 53.6 Å². The molecule has 0 aliphatic carbocycles. The van der Waals surface area contributed by atoms with Gasteiger partial charge in [-0.25, -0.2) is 4.79 Å². The molecule has 0 radical (unpaired) electrons. The van der Waals surface area contributed by atoms with E-state index in [9.17, 15) is 9.59 Å². The van der Waals surface area contributed by atoms with Crippen molar-refractivity contribution in [2.24, 2.45) is 5.92 Å². The van der Waals surface area contributed by atoms with Gasteiger partial charge in [-0.3, -0.25) is 4.79 Å². The van der Waals surface area contributed by atoms with Crippen molar-refractivity contribution in [3.63, 3.8) is 0 Å². The summed E-state index contributed by atoms with van der Waals surface area (Å²) < 4.78 is 10.9. The number of amides is 3. The number of ether oxygens (including phenoxy) is 2. The van der Waals surface area contributed by atoms with Gasteiger partial charge >= 0.3 is 6.03 Å². The molecular weight excluding hydrogens is 462 g/mol. The first-order valence-corrected chi connectivity index (χ1v) is 12.6. The standard InChI is InChI=1S/C27H31N3O4S/c1-19(2)14-30(27(32)28-23-9-5-4-7-20(23)3)17-26(31)29(16-22-8-6-12-35-22)15-21-10-11-24-25(13-21)34-18-33-24/h4-13,19H,14-18H2,1-3H3,(H,28,32). The first kappa shape index (κ1) is 24.6. The third kappa shape index (κ3) is 6.54. The van der Waals surface area contributed by atoms with Gasteiger partial charge in [-0.15, -0.1) is 11.3 Å². The average Bonchev–Trinajstić information content (AvgIpc) is 3.51. The fourth-order valence-corrected chi connectivity index (χ4v) is 4.63. The van der Waals surface area contributed by atoms with Gasteiger partial charge in [0.15, 0.2) is 11.5 Å². The molecule has 0 spiro atoms. The topological polar surface area (TPSA) is 71.1 Å². The van der Waals surface area contributed by atoms with Crippen LogP contribution in [0.1, 0.15) is 29.9 Å². The fraction of sp³-hybridized carbons (Fsp3) is 0.333. The largest absolute Gasteiger partial charge is 0.454 e. The molecule has 0 saturated carbocycles. The highest BCUT2D eigenvalue weighted by atomic mass is 32.1.